The molecule has 0 bridgehead atoms. The van der Waals surface area contributed by atoms with Crippen molar-refractivity contribution in [3.05, 3.63) is 75.5 Å². The van der Waals surface area contributed by atoms with E-state index in [2.05, 4.69) is 45.0 Å². The first kappa shape index (κ1) is 28.6. The van der Waals surface area contributed by atoms with Crippen LogP contribution in [0.3, 0.4) is 0 Å². The van der Waals surface area contributed by atoms with Crippen LogP contribution in [0.5, 0.6) is 5.75 Å². The summed E-state index contributed by atoms with van der Waals surface area (Å²) in [6, 6.07) is 17.0. The summed E-state index contributed by atoms with van der Waals surface area (Å²) in [7, 11) is 0. The molecule has 212 valence electrons. The fourth-order valence-corrected chi connectivity index (χ4v) is 6.34. The third kappa shape index (κ3) is 6.53. The van der Waals surface area contributed by atoms with Crippen molar-refractivity contribution in [2.75, 3.05) is 19.7 Å². The molecule has 0 aliphatic heterocycles. The van der Waals surface area contributed by atoms with Gasteiger partial charge in [0.2, 0.25) is 11.8 Å². The summed E-state index contributed by atoms with van der Waals surface area (Å²) in [5.41, 5.74) is 2.49. The van der Waals surface area contributed by atoms with Crippen LogP contribution >= 0.6 is 22.6 Å². The molecule has 3 unspecified atom stereocenters. The number of aromatic nitrogens is 1. The van der Waals surface area contributed by atoms with Gasteiger partial charge in [0.25, 0.3) is 0 Å². The summed E-state index contributed by atoms with van der Waals surface area (Å²) in [5.74, 6) is 0.224. The molecule has 1 aromatic heterocycles. The van der Waals surface area contributed by atoms with Crippen molar-refractivity contribution in [2.24, 2.45) is 5.92 Å². The number of hydrogen-bond donors (Lipinski definition) is 4. The first-order chi connectivity index (χ1) is 19.4. The predicted octanol–water partition coefficient (Wildman–Crippen LogP) is 3.95. The monoisotopic (exact) mass is 657 g/mol. The Bertz CT molecular complexity index is 1330. The van der Waals surface area contributed by atoms with E-state index in [1.165, 1.54) is 0 Å². The maximum atomic E-state index is 14.0. The van der Waals surface area contributed by atoms with Crippen LogP contribution in [0.4, 0.5) is 0 Å². The van der Waals surface area contributed by atoms with Crippen LogP contribution in [0.2, 0.25) is 0 Å². The van der Waals surface area contributed by atoms with E-state index >= 15 is 0 Å². The molecular formula is C31H36IN3O5. The minimum atomic E-state index is -1.03. The normalized spacial score (nSPS) is 21.3. The van der Waals surface area contributed by atoms with Crippen molar-refractivity contribution in [3.8, 4) is 5.75 Å². The van der Waals surface area contributed by atoms with Crippen molar-refractivity contribution in [3.63, 3.8) is 0 Å². The van der Waals surface area contributed by atoms with Gasteiger partial charge in [-0.05, 0) is 71.2 Å². The van der Waals surface area contributed by atoms with Gasteiger partial charge in [-0.25, -0.2) is 0 Å². The van der Waals surface area contributed by atoms with Crippen LogP contribution in [-0.2, 0) is 16.0 Å². The minimum absolute atomic E-state index is 0.0303. The fourth-order valence-electron chi connectivity index (χ4n) is 5.82. The number of nitrogens with one attached hydrogen (secondary N) is 2. The third-order valence-electron chi connectivity index (χ3n) is 7.91. The quantitative estimate of drug-likeness (QED) is 0.247. The molecule has 1 fully saturated rings. The lowest BCUT2D eigenvalue weighted by atomic mass is 9.87. The van der Waals surface area contributed by atoms with Gasteiger partial charge in [-0.15, -0.1) is 0 Å². The zero-order valence-corrected chi connectivity index (χ0v) is 24.5. The average molecular weight is 658 g/mol. The molecule has 0 saturated heterocycles. The number of carbonyl (C=O) groups is 2. The molecule has 0 spiro atoms. The summed E-state index contributed by atoms with van der Waals surface area (Å²) in [6.07, 6.45) is 4.32. The summed E-state index contributed by atoms with van der Waals surface area (Å²) in [6.45, 7) is 0.353. The molecule has 2 aliphatic carbocycles. The Balaban J connectivity index is 1.44. The van der Waals surface area contributed by atoms with E-state index in [9.17, 15) is 19.8 Å². The van der Waals surface area contributed by atoms with Gasteiger partial charge in [0.05, 0.1) is 16.2 Å². The molecule has 3 atom stereocenters. The zero-order valence-electron chi connectivity index (χ0n) is 22.4. The van der Waals surface area contributed by atoms with E-state index < -0.39 is 18.2 Å². The summed E-state index contributed by atoms with van der Waals surface area (Å²) < 4.78 is 7.15. The molecule has 5 rings (SSSR count). The molecule has 0 radical (unpaired) electrons. The van der Waals surface area contributed by atoms with Crippen molar-refractivity contribution in [1.29, 1.82) is 0 Å². The number of fused-ring (bicyclic) bond motifs is 1. The number of ether oxygens (including phenoxy) is 1. The van der Waals surface area contributed by atoms with E-state index in [-0.39, 0.29) is 37.3 Å². The van der Waals surface area contributed by atoms with E-state index in [0.29, 0.717) is 24.3 Å². The summed E-state index contributed by atoms with van der Waals surface area (Å²) >= 11 is 2.18. The van der Waals surface area contributed by atoms with Gasteiger partial charge in [0.15, 0.2) is 0 Å². The van der Waals surface area contributed by atoms with E-state index in [4.69, 9.17) is 4.74 Å². The maximum Gasteiger partial charge on any atom is 0.247 e. The molecule has 40 heavy (non-hydrogen) atoms. The molecule has 9 heteroatoms. The van der Waals surface area contributed by atoms with Crippen LogP contribution in [0.15, 0.2) is 66.2 Å². The number of nitrogens with zero attached hydrogens (tertiary/aromatic N) is 1. The predicted molar refractivity (Wildman–Crippen MR) is 162 cm³/mol. The van der Waals surface area contributed by atoms with Gasteiger partial charge < -0.3 is 30.2 Å². The highest BCUT2D eigenvalue weighted by molar-refractivity contribution is 14.1. The first-order valence-electron chi connectivity index (χ1n) is 14.0. The Kier molecular flexibility index (Phi) is 9.44. The average Bonchev–Trinajstić information content (AvgIpc) is 3.65. The van der Waals surface area contributed by atoms with E-state index in [1.807, 2.05) is 42.5 Å². The van der Waals surface area contributed by atoms with Crippen LogP contribution in [0, 0.1) is 9.49 Å². The van der Waals surface area contributed by atoms with Gasteiger partial charge >= 0.3 is 0 Å². The molecule has 2 aliphatic rings. The molecule has 2 aromatic carbocycles. The largest absolute Gasteiger partial charge is 0.482 e. The number of hydrogen-bond acceptors (Lipinski definition) is 5. The highest BCUT2D eigenvalue weighted by Gasteiger charge is 2.42. The topological polar surface area (TPSA) is 115 Å². The van der Waals surface area contributed by atoms with Gasteiger partial charge in [-0.3, -0.25) is 9.59 Å². The number of carbonyl (C=O) groups excluding carboxylic acids is 2. The number of aliphatic hydroxyl groups excluding tert-OH is 2. The Labute approximate surface area is 247 Å². The van der Waals surface area contributed by atoms with E-state index in [1.54, 1.807) is 11.0 Å². The number of benzene rings is 2. The van der Waals surface area contributed by atoms with Gasteiger partial charge in [-0.1, -0.05) is 43.2 Å². The first-order valence-corrected chi connectivity index (χ1v) is 15.1. The summed E-state index contributed by atoms with van der Waals surface area (Å²) in [4.78, 5) is 32.3. The number of para-hydroxylation sites is 2. The van der Waals surface area contributed by atoms with Crippen molar-refractivity contribution in [1.82, 2.24) is 15.2 Å². The lowest BCUT2D eigenvalue weighted by molar-refractivity contribution is -0.142. The van der Waals surface area contributed by atoms with E-state index in [0.717, 1.165) is 45.9 Å². The Morgan fingerprint density at radius 3 is 2.60 bits per heavy atom. The highest BCUT2D eigenvalue weighted by atomic mass is 127. The number of aliphatic hydroxyl groups is 2. The van der Waals surface area contributed by atoms with Gasteiger partial charge in [0, 0.05) is 48.6 Å². The number of H-pyrrole nitrogens is 1. The number of halogens is 1. The van der Waals surface area contributed by atoms with Crippen LogP contribution < -0.4 is 10.1 Å². The maximum absolute atomic E-state index is 14.0. The highest BCUT2D eigenvalue weighted by Crippen LogP contribution is 2.33. The second kappa shape index (κ2) is 13.2. The summed E-state index contributed by atoms with van der Waals surface area (Å²) in [5, 5.41) is 24.8. The number of rotatable bonds is 10. The molecule has 1 saturated carbocycles. The molecule has 8 nitrogen and oxygen atoms in total. The van der Waals surface area contributed by atoms with Crippen LogP contribution in [-0.4, -0.2) is 69.9 Å². The molecule has 3 aromatic rings. The van der Waals surface area contributed by atoms with Crippen LogP contribution in [0.1, 0.15) is 37.8 Å². The minimum Gasteiger partial charge on any atom is -0.482 e. The Morgan fingerprint density at radius 2 is 1.85 bits per heavy atom. The van der Waals surface area contributed by atoms with Gasteiger partial charge in [-0.2, -0.15) is 0 Å². The van der Waals surface area contributed by atoms with Crippen molar-refractivity contribution >= 4 is 45.3 Å². The zero-order chi connectivity index (χ0) is 28.1. The fraction of sp³-hybridized carbons (Fsp3) is 0.419. The second-order valence-corrected chi connectivity index (χ2v) is 11.8. The standard InChI is InChI=1S/C31H36IN3O5/c32-24-10-4-6-12-27(24)40-28-19-22(30(38)33-14-16-36)18-26(29(28)37)35(31(39)20-7-1-2-8-20)15-13-23-17-21-9-3-5-11-25(21)34-23/h3-6,9-12,17,19-20,26,28-29,34,36-37H,1-2,7-8,13-16,18H2,(H,33,38). The number of aromatic amines is 1. The molecular weight excluding hydrogens is 621 g/mol. The lowest BCUT2D eigenvalue weighted by Gasteiger charge is -2.41. The molecule has 4 N–H and O–H groups in total. The van der Waals surface area contributed by atoms with Gasteiger partial charge in [0.1, 0.15) is 18.0 Å². The molecule has 2 amide bonds. The van der Waals surface area contributed by atoms with Crippen LogP contribution in [0.25, 0.3) is 10.9 Å². The molecule has 1 heterocycles. The SMILES string of the molecule is O=C(NCCO)C1=CC(Oc2ccccc2I)C(O)C(N(CCc2cc3ccccc3[nH]2)C(=O)C2CCCC2)C1. The third-order valence-corrected chi connectivity index (χ3v) is 8.80. The number of amides is 2. The smallest absolute Gasteiger partial charge is 0.247 e. The Morgan fingerprint density at radius 1 is 1.10 bits per heavy atom. The lowest BCUT2D eigenvalue weighted by Crippen LogP contribution is -2.56. The Hall–Kier alpha value is -2.89. The second-order valence-electron chi connectivity index (χ2n) is 10.6. The van der Waals surface area contributed by atoms with Crippen molar-refractivity contribution in [2.45, 2.75) is 56.8 Å². The van der Waals surface area contributed by atoms with Crippen molar-refractivity contribution < 1.29 is 24.5 Å².